The average molecular weight is 460 g/mol. The second-order valence-electron chi connectivity index (χ2n) is 9.25. The van der Waals surface area contributed by atoms with Gasteiger partial charge >= 0.3 is 0 Å². The van der Waals surface area contributed by atoms with Crippen LogP contribution < -0.4 is 14.8 Å². The Kier molecular flexibility index (Phi) is 6.77. The molecule has 178 valence electrons. The Balaban J connectivity index is 0.000000486. The van der Waals surface area contributed by atoms with Crippen LogP contribution in [0.5, 0.6) is 11.5 Å². The van der Waals surface area contributed by atoms with E-state index >= 15 is 0 Å². The fourth-order valence-electron chi connectivity index (χ4n) is 4.05. The summed E-state index contributed by atoms with van der Waals surface area (Å²) < 4.78 is 11.3. The predicted molar refractivity (Wildman–Crippen MR) is 135 cm³/mol. The van der Waals surface area contributed by atoms with Gasteiger partial charge in [0.1, 0.15) is 11.5 Å². The minimum Gasteiger partial charge on any atom is -0.497 e. The van der Waals surface area contributed by atoms with E-state index in [1.165, 1.54) is 0 Å². The number of carbonyl (C=O) groups excluding carboxylic acids is 1. The van der Waals surface area contributed by atoms with Crippen LogP contribution in [-0.4, -0.2) is 42.6 Å². The molecule has 0 radical (unpaired) electrons. The van der Waals surface area contributed by atoms with Crippen molar-refractivity contribution in [2.24, 2.45) is 0 Å². The van der Waals surface area contributed by atoms with Gasteiger partial charge in [-0.05, 0) is 81.3 Å². The maximum absolute atomic E-state index is 13.1. The summed E-state index contributed by atoms with van der Waals surface area (Å²) in [6, 6.07) is 13.6. The third-order valence-electron chi connectivity index (χ3n) is 6.13. The molecule has 0 bridgehead atoms. The van der Waals surface area contributed by atoms with Gasteiger partial charge in [-0.25, -0.2) is 0 Å². The van der Waals surface area contributed by atoms with Crippen LogP contribution in [0.2, 0.25) is 0 Å². The smallest absolute Gasteiger partial charge is 0.252 e. The Hall–Kier alpha value is -3.54. The quantitative estimate of drug-likeness (QED) is 0.549. The Labute approximate surface area is 201 Å². The van der Waals surface area contributed by atoms with Crippen LogP contribution in [0.25, 0.3) is 10.9 Å². The summed E-state index contributed by atoms with van der Waals surface area (Å²) in [5, 5.41) is 4.33. The molecule has 2 heterocycles. The van der Waals surface area contributed by atoms with Crippen molar-refractivity contribution in [2.75, 3.05) is 20.7 Å². The topological polar surface area (TPSA) is 63.7 Å². The highest BCUT2D eigenvalue weighted by atomic mass is 16.5. The third-order valence-corrected chi connectivity index (χ3v) is 6.13. The fraction of sp³-hybridized carbons (Fsp3) is 0.357. The highest BCUT2D eigenvalue weighted by molar-refractivity contribution is 5.97. The van der Waals surface area contributed by atoms with Crippen LogP contribution in [0, 0.1) is 6.92 Å². The maximum atomic E-state index is 13.1. The average Bonchev–Trinajstić information content (AvgIpc) is 3.57. The molecule has 6 nitrogen and oxygen atoms in total. The molecule has 5 rings (SSSR count). The second-order valence-corrected chi connectivity index (χ2v) is 9.25. The van der Waals surface area contributed by atoms with Crippen LogP contribution in [0.15, 0.2) is 60.9 Å². The molecule has 1 saturated carbocycles. The molecule has 3 aromatic rings. The molecule has 2 aromatic carbocycles. The normalized spacial score (nSPS) is 15.3. The van der Waals surface area contributed by atoms with E-state index in [4.69, 9.17) is 9.47 Å². The lowest BCUT2D eigenvalue weighted by Crippen LogP contribution is -2.35. The lowest BCUT2D eigenvalue weighted by Gasteiger charge is -2.22. The Morgan fingerprint density at radius 1 is 1.15 bits per heavy atom. The maximum Gasteiger partial charge on any atom is 0.252 e. The van der Waals surface area contributed by atoms with Crippen LogP contribution in [-0.2, 0) is 5.54 Å². The minimum atomic E-state index is -0.399. The SMILES string of the molecule is CN1C=CC1.COc1ccc(C)c(C(=O)NC2(c3cc(OC(C)C)cc4ncccc34)CC2)c1. The van der Waals surface area contributed by atoms with Crippen molar-refractivity contribution >= 4 is 16.8 Å². The summed E-state index contributed by atoms with van der Waals surface area (Å²) in [4.78, 5) is 19.8. The number of aryl methyl sites for hydroxylation is 1. The second kappa shape index (κ2) is 9.75. The first-order chi connectivity index (χ1) is 16.3. The molecule has 0 unspecified atom stereocenters. The predicted octanol–water partition coefficient (Wildman–Crippen LogP) is 5.20. The number of benzene rings is 2. The van der Waals surface area contributed by atoms with Crippen LogP contribution in [0.3, 0.4) is 0 Å². The number of nitrogens with zero attached hydrogens (tertiary/aromatic N) is 2. The standard InChI is InChI=1S/C24H26N2O3.C4H7N/c1-15(2)29-18-13-21(19-6-5-11-25-22(19)14-18)24(9-10-24)26-23(27)20-12-17(28-4)8-7-16(20)3;1-5-3-2-4-5/h5-8,11-15H,9-10H2,1-4H3,(H,26,27);2-3H,4H2,1H3. The number of nitrogens with one attached hydrogen (secondary N) is 1. The van der Waals surface area contributed by atoms with Gasteiger partial charge in [0.05, 0.1) is 24.3 Å². The van der Waals surface area contributed by atoms with Crippen molar-refractivity contribution in [1.29, 1.82) is 0 Å². The number of aromatic nitrogens is 1. The summed E-state index contributed by atoms with van der Waals surface area (Å²) in [7, 11) is 3.66. The first-order valence-corrected chi connectivity index (χ1v) is 11.7. The Morgan fingerprint density at radius 3 is 2.47 bits per heavy atom. The lowest BCUT2D eigenvalue weighted by atomic mass is 9.97. The highest BCUT2D eigenvalue weighted by Crippen LogP contribution is 2.49. The van der Waals surface area contributed by atoms with Gasteiger partial charge in [-0.3, -0.25) is 9.78 Å². The molecule has 2 aliphatic rings. The molecule has 1 N–H and O–H groups in total. The number of amides is 1. The summed E-state index contributed by atoms with van der Waals surface area (Å²) in [6.07, 6.45) is 7.80. The molecule has 1 amide bonds. The number of rotatable bonds is 6. The summed E-state index contributed by atoms with van der Waals surface area (Å²) in [5.74, 6) is 1.36. The molecule has 0 spiro atoms. The molecule has 1 fully saturated rings. The van der Waals surface area contributed by atoms with Crippen molar-refractivity contribution in [1.82, 2.24) is 15.2 Å². The third kappa shape index (κ3) is 5.16. The van der Waals surface area contributed by atoms with Crippen molar-refractivity contribution in [3.8, 4) is 11.5 Å². The molecule has 0 saturated heterocycles. The first-order valence-electron chi connectivity index (χ1n) is 11.7. The lowest BCUT2D eigenvalue weighted by molar-refractivity contribution is 0.0930. The van der Waals surface area contributed by atoms with E-state index in [1.54, 1.807) is 19.4 Å². The highest BCUT2D eigenvalue weighted by Gasteiger charge is 2.47. The fourth-order valence-corrected chi connectivity index (χ4v) is 4.05. The number of fused-ring (bicyclic) bond motifs is 1. The van der Waals surface area contributed by atoms with Gasteiger partial charge in [-0.1, -0.05) is 12.1 Å². The van der Waals surface area contributed by atoms with Crippen molar-refractivity contribution in [3.63, 3.8) is 0 Å². The van der Waals surface area contributed by atoms with Gasteiger partial charge in [-0.2, -0.15) is 0 Å². The van der Waals surface area contributed by atoms with Crippen molar-refractivity contribution < 1.29 is 14.3 Å². The first kappa shape index (κ1) is 23.6. The van der Waals surface area contributed by atoms with E-state index in [9.17, 15) is 4.79 Å². The largest absolute Gasteiger partial charge is 0.497 e. The van der Waals surface area contributed by atoms with Crippen molar-refractivity contribution in [3.05, 3.63) is 77.6 Å². The van der Waals surface area contributed by atoms with E-state index in [2.05, 4.69) is 46.7 Å². The molecular weight excluding hydrogens is 426 g/mol. The Morgan fingerprint density at radius 2 is 1.88 bits per heavy atom. The monoisotopic (exact) mass is 459 g/mol. The van der Waals surface area contributed by atoms with Gasteiger partial charge in [-0.15, -0.1) is 0 Å². The van der Waals surface area contributed by atoms with Gasteiger partial charge in [0.25, 0.3) is 5.91 Å². The zero-order valence-electron chi connectivity index (χ0n) is 20.6. The van der Waals surface area contributed by atoms with E-state index < -0.39 is 5.54 Å². The molecular formula is C28H33N3O3. The number of hydrogen-bond donors (Lipinski definition) is 1. The van der Waals surface area contributed by atoms with Crippen LogP contribution in [0.4, 0.5) is 0 Å². The van der Waals surface area contributed by atoms with Crippen molar-refractivity contribution in [2.45, 2.75) is 45.3 Å². The van der Waals surface area contributed by atoms with E-state index in [1.807, 2.05) is 45.0 Å². The number of methoxy groups -OCH3 is 1. The summed E-state index contributed by atoms with van der Waals surface area (Å²) >= 11 is 0. The number of likely N-dealkylation sites (N-methyl/N-ethyl adjacent to an activating group) is 1. The van der Waals surface area contributed by atoms with Gasteiger partial charge in [0.15, 0.2) is 0 Å². The van der Waals surface area contributed by atoms with E-state index in [-0.39, 0.29) is 12.0 Å². The number of ether oxygens (including phenoxy) is 2. The molecule has 1 aliphatic carbocycles. The molecule has 34 heavy (non-hydrogen) atoms. The molecule has 1 aliphatic heterocycles. The van der Waals surface area contributed by atoms with Crippen LogP contribution in [0.1, 0.15) is 48.2 Å². The molecule has 1 aromatic heterocycles. The van der Waals surface area contributed by atoms with E-state index in [0.29, 0.717) is 11.3 Å². The van der Waals surface area contributed by atoms with E-state index in [0.717, 1.165) is 47.2 Å². The zero-order chi connectivity index (χ0) is 24.3. The number of pyridine rings is 1. The Bertz CT molecular complexity index is 1210. The number of hydrogen-bond acceptors (Lipinski definition) is 5. The van der Waals surface area contributed by atoms with Gasteiger partial charge < -0.3 is 19.7 Å². The summed E-state index contributed by atoms with van der Waals surface area (Å²) in [5.41, 5.74) is 3.09. The molecule has 0 atom stereocenters. The minimum absolute atomic E-state index is 0.0631. The van der Waals surface area contributed by atoms with Gasteiger partial charge in [0, 0.05) is 36.8 Å². The van der Waals surface area contributed by atoms with Crippen LogP contribution >= 0.6 is 0 Å². The number of carbonyl (C=O) groups is 1. The molecule has 6 heteroatoms. The van der Waals surface area contributed by atoms with Gasteiger partial charge in [0.2, 0.25) is 0 Å². The zero-order valence-corrected chi connectivity index (χ0v) is 20.6. The summed E-state index contributed by atoms with van der Waals surface area (Å²) in [6.45, 7) is 7.08.